The van der Waals surface area contributed by atoms with Gasteiger partial charge in [0.2, 0.25) is 0 Å². The van der Waals surface area contributed by atoms with Crippen LogP contribution >= 0.6 is 23.1 Å². The minimum Gasteiger partial charge on any atom is -0.478 e. The SMILES string of the molecule is O=C(Nc1ccc(C(=O)O)c(Cl)c1)Nc1cnns1. The van der Waals surface area contributed by atoms with Gasteiger partial charge < -0.3 is 10.4 Å². The first kappa shape index (κ1) is 13.2. The summed E-state index contributed by atoms with van der Waals surface area (Å²) in [7, 11) is 0. The Morgan fingerprint density at radius 3 is 2.68 bits per heavy atom. The van der Waals surface area contributed by atoms with E-state index in [1.807, 2.05) is 0 Å². The smallest absolute Gasteiger partial charge is 0.337 e. The van der Waals surface area contributed by atoms with E-state index >= 15 is 0 Å². The molecule has 0 aliphatic heterocycles. The van der Waals surface area contributed by atoms with Crippen molar-refractivity contribution in [3.63, 3.8) is 0 Å². The topological polar surface area (TPSA) is 104 Å². The molecule has 0 saturated heterocycles. The highest BCUT2D eigenvalue weighted by Gasteiger charge is 2.10. The number of nitrogens with zero attached hydrogens (tertiary/aromatic N) is 2. The minimum atomic E-state index is -1.13. The molecule has 0 saturated carbocycles. The molecule has 0 bridgehead atoms. The van der Waals surface area contributed by atoms with Crippen molar-refractivity contribution in [3.8, 4) is 0 Å². The number of carbonyl (C=O) groups is 2. The maximum Gasteiger partial charge on any atom is 0.337 e. The predicted octanol–water partition coefficient (Wildman–Crippen LogP) is 2.53. The maximum absolute atomic E-state index is 11.6. The van der Waals surface area contributed by atoms with Crippen molar-refractivity contribution >= 4 is 45.8 Å². The van der Waals surface area contributed by atoms with Gasteiger partial charge in [-0.3, -0.25) is 5.32 Å². The zero-order chi connectivity index (χ0) is 13.8. The molecule has 7 nitrogen and oxygen atoms in total. The molecule has 2 rings (SSSR count). The van der Waals surface area contributed by atoms with E-state index in [2.05, 4.69) is 20.2 Å². The number of urea groups is 1. The normalized spacial score (nSPS) is 9.95. The van der Waals surface area contributed by atoms with Crippen LogP contribution in [0.25, 0.3) is 0 Å². The van der Waals surface area contributed by atoms with Gasteiger partial charge in [-0.05, 0) is 18.2 Å². The molecule has 3 N–H and O–H groups in total. The number of anilines is 2. The number of rotatable bonds is 3. The zero-order valence-corrected chi connectivity index (χ0v) is 10.8. The summed E-state index contributed by atoms with van der Waals surface area (Å²) in [4.78, 5) is 22.3. The van der Waals surface area contributed by atoms with E-state index in [0.717, 1.165) is 11.5 Å². The van der Waals surface area contributed by atoms with Crippen LogP contribution in [0.3, 0.4) is 0 Å². The molecule has 19 heavy (non-hydrogen) atoms. The summed E-state index contributed by atoms with van der Waals surface area (Å²) in [5.74, 6) is -1.13. The van der Waals surface area contributed by atoms with E-state index in [4.69, 9.17) is 16.7 Å². The van der Waals surface area contributed by atoms with Crippen LogP contribution in [0.1, 0.15) is 10.4 Å². The molecule has 0 spiro atoms. The average Bonchev–Trinajstić information content (AvgIpc) is 2.81. The Hall–Kier alpha value is -2.19. The van der Waals surface area contributed by atoms with Gasteiger partial charge in [0.15, 0.2) is 0 Å². The predicted molar refractivity (Wildman–Crippen MR) is 71.0 cm³/mol. The van der Waals surface area contributed by atoms with Crippen LogP contribution in [0.15, 0.2) is 24.4 Å². The van der Waals surface area contributed by atoms with Gasteiger partial charge in [0, 0.05) is 17.2 Å². The van der Waals surface area contributed by atoms with Crippen molar-refractivity contribution in [2.75, 3.05) is 10.6 Å². The standard InChI is InChI=1S/C10H7ClN4O3S/c11-7-3-5(1-2-6(7)9(16)17)13-10(18)14-8-4-12-15-19-8/h1-4H,(H,16,17)(H2,13,14,18). The molecule has 2 amide bonds. The van der Waals surface area contributed by atoms with Crippen molar-refractivity contribution in [1.29, 1.82) is 0 Å². The number of carboxylic acid groups (broad SMARTS) is 1. The van der Waals surface area contributed by atoms with Crippen molar-refractivity contribution in [1.82, 2.24) is 9.59 Å². The van der Waals surface area contributed by atoms with Crippen LogP contribution in [-0.4, -0.2) is 26.7 Å². The molecule has 0 atom stereocenters. The molecular weight excluding hydrogens is 292 g/mol. The largest absolute Gasteiger partial charge is 0.478 e. The third-order valence-corrected chi connectivity index (χ3v) is 2.95. The van der Waals surface area contributed by atoms with Crippen molar-refractivity contribution in [2.24, 2.45) is 0 Å². The summed E-state index contributed by atoms with van der Waals surface area (Å²) in [6.45, 7) is 0. The molecule has 9 heteroatoms. The Morgan fingerprint density at radius 2 is 2.11 bits per heavy atom. The lowest BCUT2D eigenvalue weighted by Crippen LogP contribution is -2.18. The number of carboxylic acids is 1. The molecule has 1 aromatic carbocycles. The fourth-order valence-electron chi connectivity index (χ4n) is 1.26. The van der Waals surface area contributed by atoms with Crippen LogP contribution < -0.4 is 10.6 Å². The second-order valence-electron chi connectivity index (χ2n) is 3.36. The Balaban J connectivity index is 2.05. The molecule has 1 heterocycles. The number of carbonyl (C=O) groups excluding carboxylic acids is 1. The highest BCUT2D eigenvalue weighted by molar-refractivity contribution is 7.10. The average molecular weight is 299 g/mol. The lowest BCUT2D eigenvalue weighted by molar-refractivity contribution is 0.0697. The van der Waals surface area contributed by atoms with Crippen LogP contribution in [0.4, 0.5) is 15.5 Å². The molecule has 0 fully saturated rings. The van der Waals surface area contributed by atoms with Crippen LogP contribution in [0, 0.1) is 0 Å². The zero-order valence-electron chi connectivity index (χ0n) is 9.25. The summed E-state index contributed by atoms with van der Waals surface area (Å²) in [6.07, 6.45) is 1.41. The number of hydrogen-bond donors (Lipinski definition) is 3. The second-order valence-corrected chi connectivity index (χ2v) is 4.55. The molecule has 98 valence electrons. The Kier molecular flexibility index (Phi) is 3.93. The number of halogens is 1. The van der Waals surface area contributed by atoms with Gasteiger partial charge in [0.25, 0.3) is 0 Å². The third kappa shape index (κ3) is 3.39. The number of aromatic carboxylic acids is 1. The quantitative estimate of drug-likeness (QED) is 0.807. The first-order valence-corrected chi connectivity index (χ1v) is 6.09. The van der Waals surface area contributed by atoms with Crippen molar-refractivity contribution in [2.45, 2.75) is 0 Å². The molecule has 1 aromatic heterocycles. The van der Waals surface area contributed by atoms with E-state index in [1.165, 1.54) is 24.4 Å². The lowest BCUT2D eigenvalue weighted by Gasteiger charge is -2.06. The summed E-state index contributed by atoms with van der Waals surface area (Å²) in [5.41, 5.74) is 0.351. The molecule has 0 aliphatic rings. The summed E-state index contributed by atoms with van der Waals surface area (Å²) < 4.78 is 3.59. The fourth-order valence-corrected chi connectivity index (χ4v) is 1.94. The molecule has 0 aliphatic carbocycles. The highest BCUT2D eigenvalue weighted by atomic mass is 35.5. The summed E-state index contributed by atoms with van der Waals surface area (Å²) in [6, 6.07) is 3.62. The lowest BCUT2D eigenvalue weighted by atomic mass is 10.2. The van der Waals surface area contributed by atoms with Crippen LogP contribution in [0.2, 0.25) is 5.02 Å². The van der Waals surface area contributed by atoms with Gasteiger partial charge in [-0.15, -0.1) is 5.10 Å². The van der Waals surface area contributed by atoms with Gasteiger partial charge in [0.1, 0.15) is 5.00 Å². The van der Waals surface area contributed by atoms with E-state index in [1.54, 1.807) is 0 Å². The summed E-state index contributed by atoms with van der Waals surface area (Å²) in [5, 5.41) is 17.9. The van der Waals surface area contributed by atoms with Gasteiger partial charge in [-0.1, -0.05) is 16.1 Å². The fraction of sp³-hybridized carbons (Fsp3) is 0. The van der Waals surface area contributed by atoms with E-state index in [9.17, 15) is 9.59 Å². The van der Waals surface area contributed by atoms with E-state index < -0.39 is 12.0 Å². The number of aromatic nitrogens is 2. The van der Waals surface area contributed by atoms with Crippen molar-refractivity contribution in [3.05, 3.63) is 35.0 Å². The number of hydrogen-bond acceptors (Lipinski definition) is 5. The molecule has 2 aromatic rings. The molecule has 0 radical (unpaired) electrons. The Bertz CT molecular complexity index is 617. The highest BCUT2D eigenvalue weighted by Crippen LogP contribution is 2.21. The summed E-state index contributed by atoms with van der Waals surface area (Å²) >= 11 is 6.81. The van der Waals surface area contributed by atoms with Gasteiger partial charge in [0.05, 0.1) is 16.8 Å². The van der Waals surface area contributed by atoms with Gasteiger partial charge >= 0.3 is 12.0 Å². The first-order chi connectivity index (χ1) is 9.06. The number of benzene rings is 1. The van der Waals surface area contributed by atoms with Gasteiger partial charge in [-0.2, -0.15) is 0 Å². The van der Waals surface area contributed by atoms with E-state index in [0.29, 0.717) is 10.7 Å². The van der Waals surface area contributed by atoms with E-state index in [-0.39, 0.29) is 10.6 Å². The Labute approximate surface area is 116 Å². The minimum absolute atomic E-state index is 0.0284. The third-order valence-electron chi connectivity index (χ3n) is 2.06. The number of nitrogens with one attached hydrogen (secondary N) is 2. The monoisotopic (exact) mass is 298 g/mol. The van der Waals surface area contributed by atoms with Gasteiger partial charge in [-0.25, -0.2) is 9.59 Å². The van der Waals surface area contributed by atoms with Crippen LogP contribution in [-0.2, 0) is 0 Å². The second kappa shape index (κ2) is 5.63. The maximum atomic E-state index is 11.6. The number of amides is 2. The van der Waals surface area contributed by atoms with Crippen molar-refractivity contribution < 1.29 is 14.7 Å². The Morgan fingerprint density at radius 1 is 1.32 bits per heavy atom. The molecular formula is C10H7ClN4O3S. The van der Waals surface area contributed by atoms with Crippen LogP contribution in [0.5, 0.6) is 0 Å². The first-order valence-electron chi connectivity index (χ1n) is 4.94. The molecule has 0 unspecified atom stereocenters.